The second-order valence-corrected chi connectivity index (χ2v) is 3.02. The molecular weight excluding hydrogens is 179 g/mol. The minimum absolute atomic E-state index is 0.212. The molecule has 1 aromatic carbocycles. The van der Waals surface area contributed by atoms with E-state index >= 15 is 0 Å². The third-order valence-corrected chi connectivity index (χ3v) is 1.97. The molecule has 0 atom stereocenters. The third kappa shape index (κ3) is 1.94. The van der Waals surface area contributed by atoms with Gasteiger partial charge < -0.3 is 5.73 Å². The maximum atomic E-state index is 12.3. The van der Waals surface area contributed by atoms with Gasteiger partial charge in [-0.05, 0) is 37.1 Å². The Morgan fingerprint density at radius 3 is 2.00 bits per heavy atom. The highest BCUT2D eigenvalue weighted by Crippen LogP contribution is 2.34. The van der Waals surface area contributed by atoms with Gasteiger partial charge in [0.1, 0.15) is 0 Å². The summed E-state index contributed by atoms with van der Waals surface area (Å²) < 4.78 is 36.8. The summed E-state index contributed by atoms with van der Waals surface area (Å²) in [6, 6.07) is 2.42. The molecule has 0 saturated carbocycles. The molecule has 4 heteroatoms. The summed E-state index contributed by atoms with van der Waals surface area (Å²) in [7, 11) is 0. The average Bonchev–Trinajstić information content (AvgIpc) is 1.94. The van der Waals surface area contributed by atoms with Gasteiger partial charge in [0.25, 0.3) is 0 Å². The highest BCUT2D eigenvalue weighted by molar-refractivity contribution is 5.53. The van der Waals surface area contributed by atoms with Crippen LogP contribution in [0.2, 0.25) is 0 Å². The molecule has 2 N–H and O–H groups in total. The second-order valence-electron chi connectivity index (χ2n) is 3.02. The van der Waals surface area contributed by atoms with Crippen LogP contribution < -0.4 is 5.73 Å². The van der Waals surface area contributed by atoms with E-state index in [0.29, 0.717) is 5.56 Å². The smallest absolute Gasteiger partial charge is 0.398 e. The molecule has 1 rings (SSSR count). The van der Waals surface area contributed by atoms with Crippen LogP contribution in [0.4, 0.5) is 18.9 Å². The van der Waals surface area contributed by atoms with Gasteiger partial charge in [0.05, 0.1) is 5.56 Å². The summed E-state index contributed by atoms with van der Waals surface area (Å²) in [4.78, 5) is 0. The fourth-order valence-electron chi connectivity index (χ4n) is 1.08. The number of anilines is 1. The van der Waals surface area contributed by atoms with Gasteiger partial charge in [-0.2, -0.15) is 13.2 Å². The summed E-state index contributed by atoms with van der Waals surface area (Å²) in [6.07, 6.45) is -4.36. The monoisotopic (exact) mass is 189 g/mol. The topological polar surface area (TPSA) is 26.0 Å². The van der Waals surface area contributed by atoms with Gasteiger partial charge in [-0.1, -0.05) is 0 Å². The van der Waals surface area contributed by atoms with Gasteiger partial charge >= 0.3 is 6.18 Å². The van der Waals surface area contributed by atoms with Crippen molar-refractivity contribution < 1.29 is 13.2 Å². The summed E-state index contributed by atoms with van der Waals surface area (Å²) >= 11 is 0. The number of hydrogen-bond donors (Lipinski definition) is 1. The summed E-state index contributed by atoms with van der Waals surface area (Å²) in [6.45, 7) is 3.36. The Morgan fingerprint density at radius 1 is 1.08 bits per heavy atom. The number of rotatable bonds is 0. The van der Waals surface area contributed by atoms with Crippen molar-refractivity contribution in [2.24, 2.45) is 0 Å². The zero-order chi connectivity index (χ0) is 10.2. The molecule has 0 aromatic heterocycles. The van der Waals surface area contributed by atoms with Gasteiger partial charge in [0.15, 0.2) is 0 Å². The molecule has 0 radical (unpaired) electrons. The lowest BCUT2D eigenvalue weighted by atomic mass is 10.0. The quantitative estimate of drug-likeness (QED) is 0.624. The molecule has 0 saturated heterocycles. The van der Waals surface area contributed by atoms with E-state index in [2.05, 4.69) is 0 Å². The molecule has 0 bridgehead atoms. The predicted molar refractivity (Wildman–Crippen MR) is 45.3 cm³/mol. The first-order chi connectivity index (χ1) is 5.82. The van der Waals surface area contributed by atoms with Crippen molar-refractivity contribution in [2.75, 3.05) is 5.73 Å². The lowest BCUT2D eigenvalue weighted by Gasteiger charge is -2.12. The minimum Gasteiger partial charge on any atom is -0.398 e. The molecule has 0 spiro atoms. The molecule has 0 aliphatic rings. The molecule has 1 aromatic rings. The molecule has 0 heterocycles. The average molecular weight is 189 g/mol. The first kappa shape index (κ1) is 9.89. The van der Waals surface area contributed by atoms with E-state index in [1.807, 2.05) is 0 Å². The molecule has 72 valence electrons. The van der Waals surface area contributed by atoms with Crippen LogP contribution in [0.25, 0.3) is 0 Å². The van der Waals surface area contributed by atoms with Crippen LogP contribution in [0.15, 0.2) is 12.1 Å². The maximum absolute atomic E-state index is 12.3. The number of halogens is 3. The highest BCUT2D eigenvalue weighted by atomic mass is 19.4. The van der Waals surface area contributed by atoms with Crippen molar-refractivity contribution in [1.82, 2.24) is 0 Å². The number of hydrogen-bond acceptors (Lipinski definition) is 1. The molecule has 0 unspecified atom stereocenters. The van der Waals surface area contributed by atoms with Crippen LogP contribution in [-0.2, 0) is 6.18 Å². The van der Waals surface area contributed by atoms with E-state index in [9.17, 15) is 13.2 Å². The first-order valence-corrected chi connectivity index (χ1v) is 3.76. The first-order valence-electron chi connectivity index (χ1n) is 3.76. The van der Waals surface area contributed by atoms with Crippen molar-refractivity contribution in [2.45, 2.75) is 20.0 Å². The predicted octanol–water partition coefficient (Wildman–Crippen LogP) is 2.90. The largest absolute Gasteiger partial charge is 0.418 e. The zero-order valence-corrected chi connectivity index (χ0v) is 7.37. The Bertz CT molecular complexity index is 328. The molecule has 0 aliphatic carbocycles. The van der Waals surface area contributed by atoms with Crippen LogP contribution in [-0.4, -0.2) is 0 Å². The summed E-state index contributed by atoms with van der Waals surface area (Å²) in [5, 5.41) is 0. The van der Waals surface area contributed by atoms with Crippen molar-refractivity contribution >= 4 is 5.69 Å². The Morgan fingerprint density at radius 2 is 1.54 bits per heavy atom. The molecule has 13 heavy (non-hydrogen) atoms. The van der Waals surface area contributed by atoms with E-state index in [1.54, 1.807) is 13.8 Å². The van der Waals surface area contributed by atoms with Crippen LogP contribution in [0.1, 0.15) is 16.7 Å². The van der Waals surface area contributed by atoms with Crippen molar-refractivity contribution in [1.29, 1.82) is 0 Å². The fourth-order valence-corrected chi connectivity index (χ4v) is 1.08. The van der Waals surface area contributed by atoms with E-state index < -0.39 is 11.7 Å². The van der Waals surface area contributed by atoms with Crippen LogP contribution in [0.3, 0.4) is 0 Å². The van der Waals surface area contributed by atoms with E-state index in [-0.39, 0.29) is 5.69 Å². The van der Waals surface area contributed by atoms with E-state index in [0.717, 1.165) is 11.6 Å². The van der Waals surface area contributed by atoms with E-state index in [4.69, 9.17) is 5.73 Å². The number of aryl methyl sites for hydroxylation is 2. The number of nitrogens with two attached hydrogens (primary N) is 1. The van der Waals surface area contributed by atoms with E-state index in [1.165, 1.54) is 6.07 Å². The SMILES string of the molecule is Cc1cc(N)c(C(F)(F)F)cc1C. The lowest BCUT2D eigenvalue weighted by molar-refractivity contribution is -0.136. The Hall–Kier alpha value is -1.19. The maximum Gasteiger partial charge on any atom is 0.418 e. The number of alkyl halides is 3. The van der Waals surface area contributed by atoms with Gasteiger partial charge in [0, 0.05) is 5.69 Å². The summed E-state index contributed by atoms with van der Waals surface area (Å²) in [5.74, 6) is 0. The van der Waals surface area contributed by atoms with Gasteiger partial charge in [-0.25, -0.2) is 0 Å². The molecule has 0 amide bonds. The lowest BCUT2D eigenvalue weighted by Crippen LogP contribution is -2.09. The van der Waals surface area contributed by atoms with Crippen molar-refractivity contribution in [3.05, 3.63) is 28.8 Å². The van der Waals surface area contributed by atoms with Gasteiger partial charge in [-0.3, -0.25) is 0 Å². The normalized spacial score (nSPS) is 11.8. The molecule has 0 fully saturated rings. The van der Waals surface area contributed by atoms with Gasteiger partial charge in [0.2, 0.25) is 0 Å². The van der Waals surface area contributed by atoms with Gasteiger partial charge in [-0.15, -0.1) is 0 Å². The highest BCUT2D eigenvalue weighted by Gasteiger charge is 2.33. The Labute approximate surface area is 74.4 Å². The molecule has 0 aliphatic heterocycles. The number of benzene rings is 1. The van der Waals surface area contributed by atoms with Crippen LogP contribution in [0, 0.1) is 13.8 Å². The van der Waals surface area contributed by atoms with Crippen molar-refractivity contribution in [3.63, 3.8) is 0 Å². The Balaban J connectivity index is 3.32. The van der Waals surface area contributed by atoms with Crippen LogP contribution >= 0.6 is 0 Å². The molecule has 1 nitrogen and oxygen atoms in total. The minimum atomic E-state index is -4.36. The second kappa shape index (κ2) is 2.94. The number of nitrogen functional groups attached to an aromatic ring is 1. The Kier molecular flexibility index (Phi) is 2.24. The molecular formula is C9H10F3N. The zero-order valence-electron chi connectivity index (χ0n) is 7.37. The van der Waals surface area contributed by atoms with Crippen LogP contribution in [0.5, 0.6) is 0 Å². The third-order valence-electron chi connectivity index (χ3n) is 1.97. The summed E-state index contributed by atoms with van der Waals surface area (Å²) in [5.41, 5.74) is 5.66. The fraction of sp³-hybridized carbons (Fsp3) is 0.333. The standard InChI is InChI=1S/C9H10F3N/c1-5-3-7(9(10,11)12)8(13)4-6(5)2/h3-4H,13H2,1-2H3. The van der Waals surface area contributed by atoms with Crippen molar-refractivity contribution in [3.8, 4) is 0 Å².